The van der Waals surface area contributed by atoms with E-state index in [-0.39, 0.29) is 47.3 Å². The number of carbonyl (C=O) groups is 5. The van der Waals surface area contributed by atoms with Crippen LogP contribution in [0.3, 0.4) is 0 Å². The number of nitrogens with zero attached hydrogens (tertiary/aromatic N) is 3. The van der Waals surface area contributed by atoms with Crippen molar-refractivity contribution < 1.29 is 33.4 Å². The minimum atomic E-state index is -0.992. The largest absolute Gasteiger partial charge is 0.490 e. The molecule has 3 aromatic carbocycles. The minimum absolute atomic E-state index is 0.0296. The third kappa shape index (κ3) is 6.52. The number of amides is 4. The molecule has 1 aliphatic carbocycles. The van der Waals surface area contributed by atoms with Crippen LogP contribution in [0.15, 0.2) is 78.9 Å². The van der Waals surface area contributed by atoms with Gasteiger partial charge in [0.2, 0.25) is 17.7 Å². The summed E-state index contributed by atoms with van der Waals surface area (Å²) in [7, 11) is 0. The molecule has 1 saturated heterocycles. The van der Waals surface area contributed by atoms with Crippen LogP contribution in [0.1, 0.15) is 102 Å². The van der Waals surface area contributed by atoms with Gasteiger partial charge in [-0.1, -0.05) is 38.1 Å². The highest BCUT2D eigenvalue weighted by atomic mass is 16.5. The summed E-state index contributed by atoms with van der Waals surface area (Å²) in [6.45, 7) is 5.82. The van der Waals surface area contributed by atoms with Crippen LogP contribution in [0, 0.1) is 0 Å². The Morgan fingerprint density at radius 2 is 1.50 bits per heavy atom. The fraction of sp³-hybridized carbons (Fsp3) is 0.325. The molecule has 2 aliphatic heterocycles. The zero-order chi connectivity index (χ0) is 36.6. The van der Waals surface area contributed by atoms with Gasteiger partial charge in [-0.05, 0) is 78.9 Å². The van der Waals surface area contributed by atoms with Gasteiger partial charge in [-0.3, -0.25) is 34.2 Å². The number of Topliss-reactive ketones (excluding diaryl/α,β-unsaturated/α-hetero) is 1. The minimum Gasteiger partial charge on any atom is -0.490 e. The van der Waals surface area contributed by atoms with Crippen molar-refractivity contribution in [3.63, 3.8) is 0 Å². The number of ether oxygens (including phenoxy) is 2. The van der Waals surface area contributed by atoms with Crippen LogP contribution in [0.5, 0.6) is 17.4 Å². The highest BCUT2D eigenvalue weighted by molar-refractivity contribution is 6.23. The predicted molar refractivity (Wildman–Crippen MR) is 191 cm³/mol. The summed E-state index contributed by atoms with van der Waals surface area (Å²) in [5.74, 6) is -0.491. The molecule has 1 atom stereocenters. The number of anilines is 1. The first kappa shape index (κ1) is 34.5. The van der Waals surface area contributed by atoms with Crippen molar-refractivity contribution in [1.82, 2.24) is 20.4 Å². The second-order valence-electron chi connectivity index (χ2n) is 13.5. The molecule has 7 rings (SSSR count). The molecule has 4 aromatic rings. The van der Waals surface area contributed by atoms with Gasteiger partial charge in [-0.15, -0.1) is 10.2 Å². The second-order valence-corrected chi connectivity index (χ2v) is 13.5. The van der Waals surface area contributed by atoms with Crippen LogP contribution in [-0.2, 0) is 15.0 Å². The smallest absolute Gasteiger partial charge is 0.262 e. The van der Waals surface area contributed by atoms with E-state index in [0.29, 0.717) is 23.0 Å². The van der Waals surface area contributed by atoms with E-state index >= 15 is 0 Å². The number of nitrogens with one attached hydrogen (secondary N) is 2. The monoisotopic (exact) mass is 701 g/mol. The lowest BCUT2D eigenvalue weighted by atomic mass is 9.70. The van der Waals surface area contributed by atoms with Crippen LogP contribution < -0.4 is 20.1 Å². The Balaban J connectivity index is 0.941. The number of benzene rings is 3. The van der Waals surface area contributed by atoms with Gasteiger partial charge in [0.1, 0.15) is 29.3 Å². The van der Waals surface area contributed by atoms with E-state index in [0.717, 1.165) is 36.3 Å². The average Bonchev–Trinajstić information content (AvgIpc) is 3.37. The van der Waals surface area contributed by atoms with Gasteiger partial charge >= 0.3 is 0 Å². The average molecular weight is 702 g/mol. The molecule has 1 unspecified atom stereocenters. The van der Waals surface area contributed by atoms with Gasteiger partial charge < -0.3 is 14.8 Å². The zero-order valence-electron chi connectivity index (χ0n) is 29.2. The van der Waals surface area contributed by atoms with E-state index in [4.69, 9.17) is 9.47 Å². The van der Waals surface area contributed by atoms with Crippen molar-refractivity contribution in [2.75, 3.05) is 5.32 Å². The first-order chi connectivity index (χ1) is 25.1. The topological polar surface area (TPSA) is 157 Å². The van der Waals surface area contributed by atoms with E-state index < -0.39 is 29.7 Å². The summed E-state index contributed by atoms with van der Waals surface area (Å²) in [6.07, 6.45) is 3.56. The number of piperidine rings is 1. The highest BCUT2D eigenvalue weighted by Gasteiger charge is 2.45. The molecule has 1 saturated carbocycles. The third-order valence-corrected chi connectivity index (χ3v) is 10.5. The van der Waals surface area contributed by atoms with Gasteiger partial charge in [0.25, 0.3) is 11.8 Å². The highest BCUT2D eigenvalue weighted by Crippen LogP contribution is 2.41. The fourth-order valence-electron chi connectivity index (χ4n) is 7.38. The standard InChI is InChI=1S/C40H39N5O7/c1-4-40(5-2,25-8-13-29(14-9-25)52-36-19-16-33(23(3)46)43-44-36)24-6-11-28(12-7-24)51-30-20-27(21-30)41-26-10-15-31-32(22-26)39(50)45(38(31)49)34-17-18-35(47)42-37(34)48/h6-16,19,22,27,30,34,41H,4-5,17-18,20-21H2,1-3H3,(H,42,47,48)/t27-,30-,34?. The van der Waals surface area contributed by atoms with E-state index in [2.05, 4.69) is 58.9 Å². The quantitative estimate of drug-likeness (QED) is 0.133. The molecule has 2 fully saturated rings. The number of ketones is 1. The number of hydrogen-bond donors (Lipinski definition) is 2. The summed E-state index contributed by atoms with van der Waals surface area (Å²) in [5.41, 5.74) is 3.67. The second kappa shape index (κ2) is 14.0. The molecule has 0 radical (unpaired) electrons. The number of rotatable bonds is 12. The molecule has 52 heavy (non-hydrogen) atoms. The van der Waals surface area contributed by atoms with E-state index in [1.807, 2.05) is 24.3 Å². The molecular weight excluding hydrogens is 662 g/mol. The molecule has 1 aromatic heterocycles. The summed E-state index contributed by atoms with van der Waals surface area (Å²) in [4.78, 5) is 62.6. The Morgan fingerprint density at radius 1 is 0.846 bits per heavy atom. The van der Waals surface area contributed by atoms with Crippen LogP contribution in [0.2, 0.25) is 0 Å². The van der Waals surface area contributed by atoms with Gasteiger partial charge in [0.05, 0.1) is 11.1 Å². The number of hydrogen-bond acceptors (Lipinski definition) is 10. The fourth-order valence-corrected chi connectivity index (χ4v) is 7.38. The van der Waals surface area contributed by atoms with Crippen molar-refractivity contribution >= 4 is 35.1 Å². The lowest BCUT2D eigenvalue weighted by Gasteiger charge is -2.37. The lowest BCUT2D eigenvalue weighted by Crippen LogP contribution is -2.54. The van der Waals surface area contributed by atoms with Gasteiger partial charge in [-0.25, -0.2) is 0 Å². The Hall–Kier alpha value is -5.91. The molecule has 266 valence electrons. The molecule has 0 bridgehead atoms. The van der Waals surface area contributed by atoms with Crippen LogP contribution >= 0.6 is 0 Å². The van der Waals surface area contributed by atoms with Crippen molar-refractivity contribution in [2.45, 2.75) is 82.9 Å². The van der Waals surface area contributed by atoms with Crippen molar-refractivity contribution in [2.24, 2.45) is 0 Å². The Bertz CT molecular complexity index is 2040. The first-order valence-electron chi connectivity index (χ1n) is 17.6. The van der Waals surface area contributed by atoms with Crippen molar-refractivity contribution in [3.8, 4) is 17.4 Å². The summed E-state index contributed by atoms with van der Waals surface area (Å²) in [6, 6.07) is 23.7. The first-order valence-corrected chi connectivity index (χ1v) is 17.6. The molecule has 4 amide bonds. The summed E-state index contributed by atoms with van der Waals surface area (Å²) in [5, 5.41) is 13.6. The van der Waals surface area contributed by atoms with Crippen LogP contribution in [0.25, 0.3) is 0 Å². The zero-order valence-corrected chi connectivity index (χ0v) is 29.2. The summed E-state index contributed by atoms with van der Waals surface area (Å²) >= 11 is 0. The Morgan fingerprint density at radius 3 is 2.10 bits per heavy atom. The summed E-state index contributed by atoms with van der Waals surface area (Å²) < 4.78 is 12.2. The van der Waals surface area contributed by atoms with Crippen molar-refractivity contribution in [1.29, 1.82) is 0 Å². The maximum atomic E-state index is 13.2. The van der Waals surface area contributed by atoms with E-state index in [1.54, 1.807) is 30.3 Å². The molecule has 3 aliphatic rings. The SMILES string of the molecule is CCC(CC)(c1ccc(Oc2ccc(C(C)=O)nn2)cc1)c1ccc(O[C@H]2C[C@H](Nc3ccc4c(c3)C(=O)N(C3CCC(=O)NC3=O)C4=O)C2)cc1. The number of aromatic nitrogens is 2. The van der Waals surface area contributed by atoms with Gasteiger partial charge in [0, 0.05) is 49.4 Å². The van der Waals surface area contributed by atoms with Gasteiger partial charge in [0.15, 0.2) is 5.78 Å². The molecule has 12 heteroatoms. The van der Waals surface area contributed by atoms with Gasteiger partial charge in [-0.2, -0.15) is 0 Å². The molecule has 2 N–H and O–H groups in total. The molecular formula is C40H39N5O7. The van der Waals surface area contributed by atoms with E-state index in [1.165, 1.54) is 18.1 Å². The third-order valence-electron chi connectivity index (χ3n) is 10.5. The predicted octanol–water partition coefficient (Wildman–Crippen LogP) is 6.00. The molecule has 0 spiro atoms. The normalized spacial score (nSPS) is 19.8. The molecule has 12 nitrogen and oxygen atoms in total. The maximum Gasteiger partial charge on any atom is 0.262 e. The number of carbonyl (C=O) groups excluding carboxylic acids is 5. The number of fused-ring (bicyclic) bond motifs is 1. The van der Waals surface area contributed by atoms with Crippen LogP contribution in [-0.4, -0.2) is 62.7 Å². The van der Waals surface area contributed by atoms with Crippen molar-refractivity contribution in [3.05, 3.63) is 107 Å². The Labute approximate surface area is 300 Å². The maximum absolute atomic E-state index is 13.2. The molecule has 3 heterocycles. The lowest BCUT2D eigenvalue weighted by molar-refractivity contribution is -0.136. The van der Waals surface area contributed by atoms with E-state index in [9.17, 15) is 24.0 Å². The number of imide groups is 2. The van der Waals surface area contributed by atoms with Crippen LogP contribution in [0.4, 0.5) is 5.69 Å². The Kier molecular flexibility index (Phi) is 9.31.